The van der Waals surface area contributed by atoms with E-state index in [-0.39, 0.29) is 5.60 Å². The molecular formula is C13H25NO. The molecule has 0 radical (unpaired) electrons. The fourth-order valence-electron chi connectivity index (χ4n) is 3.73. The first-order chi connectivity index (χ1) is 6.99. The average molecular weight is 211 g/mol. The lowest BCUT2D eigenvalue weighted by molar-refractivity contribution is -0.0382. The molecule has 0 amide bonds. The first-order valence-corrected chi connectivity index (χ1v) is 6.40. The van der Waals surface area contributed by atoms with Gasteiger partial charge in [-0.2, -0.15) is 0 Å². The third-order valence-electron chi connectivity index (χ3n) is 4.41. The Morgan fingerprint density at radius 2 is 1.73 bits per heavy atom. The average Bonchev–Trinajstić information content (AvgIpc) is 2.46. The second kappa shape index (κ2) is 4.06. The Hall–Kier alpha value is -0.0800. The number of likely N-dealkylation sites (tertiary alicyclic amines) is 1. The van der Waals surface area contributed by atoms with Gasteiger partial charge in [-0.05, 0) is 50.5 Å². The van der Waals surface area contributed by atoms with Crippen LogP contribution < -0.4 is 0 Å². The summed E-state index contributed by atoms with van der Waals surface area (Å²) in [7, 11) is 2.12. The number of nitrogens with zero attached hydrogens (tertiary/aromatic N) is 1. The molecule has 1 aliphatic heterocycles. The van der Waals surface area contributed by atoms with Gasteiger partial charge in [-0.1, -0.05) is 13.8 Å². The van der Waals surface area contributed by atoms with Gasteiger partial charge in [0.05, 0.1) is 5.60 Å². The maximum atomic E-state index is 10.7. The van der Waals surface area contributed by atoms with Crippen LogP contribution in [0.15, 0.2) is 0 Å². The normalized spacial score (nSPS) is 48.4. The molecule has 2 nitrogen and oxygen atoms in total. The number of β-amino-alcohol motifs (C(OH)–C–C–N with tert-alkyl or cyclic N) is 1. The lowest BCUT2D eigenvalue weighted by Gasteiger charge is -2.40. The number of likely N-dealkylation sites (N-methyl/N-ethyl adjacent to an activating group) is 1. The summed E-state index contributed by atoms with van der Waals surface area (Å²) in [5.74, 6) is 2.14. The molecule has 3 unspecified atom stereocenters. The van der Waals surface area contributed by atoms with E-state index in [4.69, 9.17) is 0 Å². The largest absolute Gasteiger partial charge is 0.388 e. The fourth-order valence-corrected chi connectivity index (χ4v) is 3.73. The molecule has 1 aliphatic carbocycles. The quantitative estimate of drug-likeness (QED) is 0.718. The van der Waals surface area contributed by atoms with Gasteiger partial charge in [0, 0.05) is 13.1 Å². The summed E-state index contributed by atoms with van der Waals surface area (Å²) in [6.07, 6.45) is 4.79. The summed E-state index contributed by atoms with van der Waals surface area (Å²) in [5.41, 5.74) is -0.377. The van der Waals surface area contributed by atoms with Gasteiger partial charge in [0.1, 0.15) is 0 Å². The van der Waals surface area contributed by atoms with Gasteiger partial charge in [0.25, 0.3) is 0 Å². The zero-order valence-electron chi connectivity index (χ0n) is 10.4. The first kappa shape index (κ1) is 11.4. The summed E-state index contributed by atoms with van der Waals surface area (Å²) in [6.45, 7) is 6.63. The minimum absolute atomic E-state index is 0.377. The molecule has 3 atom stereocenters. The second-order valence-corrected chi connectivity index (χ2v) is 6.21. The van der Waals surface area contributed by atoms with Crippen molar-refractivity contribution in [3.8, 4) is 0 Å². The predicted molar refractivity (Wildman–Crippen MR) is 62.7 cm³/mol. The minimum Gasteiger partial charge on any atom is -0.388 e. The first-order valence-electron chi connectivity index (χ1n) is 6.40. The monoisotopic (exact) mass is 211 g/mol. The molecule has 88 valence electrons. The molecule has 0 bridgehead atoms. The molecule has 2 aliphatic rings. The van der Waals surface area contributed by atoms with Gasteiger partial charge in [-0.15, -0.1) is 0 Å². The third kappa shape index (κ3) is 2.36. The summed E-state index contributed by atoms with van der Waals surface area (Å²) >= 11 is 0. The van der Waals surface area contributed by atoms with Crippen LogP contribution in [-0.4, -0.2) is 35.7 Å². The Labute approximate surface area is 93.7 Å². The van der Waals surface area contributed by atoms with Crippen molar-refractivity contribution in [3.63, 3.8) is 0 Å². The summed E-state index contributed by atoms with van der Waals surface area (Å²) in [6, 6.07) is 0. The summed E-state index contributed by atoms with van der Waals surface area (Å²) in [4.78, 5) is 2.27. The van der Waals surface area contributed by atoms with Crippen molar-refractivity contribution >= 4 is 0 Å². The van der Waals surface area contributed by atoms with Crippen molar-refractivity contribution in [2.75, 3.05) is 20.1 Å². The van der Waals surface area contributed by atoms with Crippen LogP contribution in [0.4, 0.5) is 0 Å². The molecule has 0 spiro atoms. The molecule has 1 heterocycles. The summed E-state index contributed by atoms with van der Waals surface area (Å²) in [5, 5.41) is 10.7. The molecule has 2 heteroatoms. The van der Waals surface area contributed by atoms with Crippen molar-refractivity contribution < 1.29 is 5.11 Å². The van der Waals surface area contributed by atoms with E-state index in [1.165, 1.54) is 19.3 Å². The molecule has 0 aromatic rings. The van der Waals surface area contributed by atoms with Crippen molar-refractivity contribution in [1.29, 1.82) is 0 Å². The molecular weight excluding hydrogens is 186 g/mol. The molecule has 1 N–H and O–H groups in total. The molecule has 2 fully saturated rings. The Bertz CT molecular complexity index is 221. The number of aliphatic hydroxyl groups is 1. The van der Waals surface area contributed by atoms with Gasteiger partial charge in [0.15, 0.2) is 0 Å². The number of hydrogen-bond donors (Lipinski definition) is 1. The van der Waals surface area contributed by atoms with E-state index in [1.54, 1.807) is 0 Å². The van der Waals surface area contributed by atoms with E-state index in [0.29, 0.717) is 5.92 Å². The van der Waals surface area contributed by atoms with Crippen LogP contribution in [0.1, 0.15) is 39.5 Å². The van der Waals surface area contributed by atoms with E-state index in [9.17, 15) is 5.11 Å². The van der Waals surface area contributed by atoms with E-state index in [0.717, 1.165) is 31.3 Å². The molecule has 0 aromatic heterocycles. The van der Waals surface area contributed by atoms with E-state index in [2.05, 4.69) is 25.8 Å². The molecule has 0 aromatic carbocycles. The maximum absolute atomic E-state index is 10.7. The Balaban J connectivity index is 2.03. The van der Waals surface area contributed by atoms with Crippen LogP contribution in [0, 0.1) is 17.8 Å². The van der Waals surface area contributed by atoms with Gasteiger partial charge in [-0.25, -0.2) is 0 Å². The zero-order chi connectivity index (χ0) is 11.1. The topological polar surface area (TPSA) is 23.5 Å². The fraction of sp³-hybridized carbons (Fsp3) is 1.00. The lowest BCUT2D eigenvalue weighted by Crippen LogP contribution is -2.43. The summed E-state index contributed by atoms with van der Waals surface area (Å²) < 4.78 is 0. The van der Waals surface area contributed by atoms with Crippen LogP contribution in [0.5, 0.6) is 0 Å². The minimum atomic E-state index is -0.377. The van der Waals surface area contributed by atoms with Crippen molar-refractivity contribution in [1.82, 2.24) is 4.90 Å². The van der Waals surface area contributed by atoms with E-state index < -0.39 is 0 Å². The van der Waals surface area contributed by atoms with Crippen LogP contribution in [0.3, 0.4) is 0 Å². The number of hydrogen-bond acceptors (Lipinski definition) is 2. The highest BCUT2D eigenvalue weighted by molar-refractivity contribution is 4.96. The number of rotatable bonds is 1. The van der Waals surface area contributed by atoms with Gasteiger partial charge in [-0.3, -0.25) is 0 Å². The highest BCUT2D eigenvalue weighted by atomic mass is 16.3. The standard InChI is InChI=1S/C13H25NO/c1-10-6-11(2)8-12(7-10)13(15)4-5-14(3)9-13/h10-12,15H,4-9H2,1-3H3. The highest BCUT2D eigenvalue weighted by Gasteiger charge is 2.43. The van der Waals surface area contributed by atoms with Crippen LogP contribution in [0.2, 0.25) is 0 Å². The second-order valence-electron chi connectivity index (χ2n) is 6.21. The van der Waals surface area contributed by atoms with Crippen molar-refractivity contribution in [3.05, 3.63) is 0 Å². The molecule has 2 rings (SSSR count). The third-order valence-corrected chi connectivity index (χ3v) is 4.41. The molecule has 1 saturated carbocycles. The van der Waals surface area contributed by atoms with Crippen LogP contribution in [-0.2, 0) is 0 Å². The lowest BCUT2D eigenvalue weighted by atomic mass is 9.69. The van der Waals surface area contributed by atoms with Crippen LogP contribution >= 0.6 is 0 Å². The highest BCUT2D eigenvalue weighted by Crippen LogP contribution is 2.42. The van der Waals surface area contributed by atoms with Gasteiger partial charge in [0.2, 0.25) is 0 Å². The van der Waals surface area contributed by atoms with Crippen LogP contribution in [0.25, 0.3) is 0 Å². The zero-order valence-corrected chi connectivity index (χ0v) is 10.4. The Morgan fingerprint density at radius 3 is 2.20 bits per heavy atom. The van der Waals surface area contributed by atoms with Gasteiger partial charge >= 0.3 is 0 Å². The predicted octanol–water partition coefficient (Wildman–Crippen LogP) is 2.13. The van der Waals surface area contributed by atoms with Gasteiger partial charge < -0.3 is 10.0 Å². The van der Waals surface area contributed by atoms with E-state index in [1.807, 2.05) is 0 Å². The maximum Gasteiger partial charge on any atom is 0.0814 e. The molecule has 1 saturated heterocycles. The Morgan fingerprint density at radius 1 is 1.13 bits per heavy atom. The van der Waals surface area contributed by atoms with Crippen molar-refractivity contribution in [2.45, 2.75) is 45.1 Å². The Kier molecular flexibility index (Phi) is 3.09. The van der Waals surface area contributed by atoms with Crippen molar-refractivity contribution in [2.24, 2.45) is 17.8 Å². The SMILES string of the molecule is CC1CC(C)CC(C2(O)CCN(C)C2)C1. The smallest absolute Gasteiger partial charge is 0.0814 e. The molecule has 15 heavy (non-hydrogen) atoms. The van der Waals surface area contributed by atoms with E-state index >= 15 is 0 Å².